The van der Waals surface area contributed by atoms with E-state index in [2.05, 4.69) is 25.4 Å². The number of anilines is 2. The number of rotatable bonds is 7. The van der Waals surface area contributed by atoms with Gasteiger partial charge in [-0.2, -0.15) is 13.9 Å². The minimum Gasteiger partial charge on any atom is -0.453 e. The van der Waals surface area contributed by atoms with Gasteiger partial charge >= 0.3 is 6.55 Å². The van der Waals surface area contributed by atoms with E-state index in [-0.39, 0.29) is 11.4 Å². The van der Waals surface area contributed by atoms with Gasteiger partial charge in [0.2, 0.25) is 0 Å². The molecule has 0 aromatic carbocycles. The number of aliphatic hydroxyl groups is 1. The molecule has 4 heterocycles. The quantitative estimate of drug-likeness (QED) is 0.424. The third-order valence-electron chi connectivity index (χ3n) is 4.42. The summed E-state index contributed by atoms with van der Waals surface area (Å²) in [7, 11) is 0. The lowest BCUT2D eigenvalue weighted by atomic mass is 10.0. The summed E-state index contributed by atoms with van der Waals surface area (Å²) in [5, 5.41) is 17.2. The lowest BCUT2D eigenvalue weighted by molar-refractivity contribution is 0.0566. The summed E-state index contributed by atoms with van der Waals surface area (Å²) in [6, 6.07) is 11.8. The predicted molar refractivity (Wildman–Crippen MR) is 114 cm³/mol. The molecule has 4 aromatic heterocycles. The summed E-state index contributed by atoms with van der Waals surface area (Å²) in [5.41, 5.74) is 0.671. The van der Waals surface area contributed by atoms with Crippen molar-refractivity contribution in [1.82, 2.24) is 24.7 Å². The molecule has 10 heteroatoms. The molecule has 0 aliphatic carbocycles. The summed E-state index contributed by atoms with van der Waals surface area (Å²) >= 11 is 0. The summed E-state index contributed by atoms with van der Waals surface area (Å²) < 4.78 is 32.8. The Balaban J connectivity index is 1.60. The molecule has 0 saturated heterocycles. The molecule has 0 radical (unpaired) electrons. The highest BCUT2D eigenvalue weighted by atomic mass is 19.3. The molecule has 0 unspecified atom stereocenters. The number of hydrogen-bond acceptors (Lipinski definition) is 7. The largest absolute Gasteiger partial charge is 0.453 e. The molecule has 0 spiro atoms. The van der Waals surface area contributed by atoms with Crippen molar-refractivity contribution >= 4 is 11.5 Å². The van der Waals surface area contributed by atoms with E-state index in [0.29, 0.717) is 33.3 Å². The van der Waals surface area contributed by atoms with Gasteiger partial charge in [0.15, 0.2) is 11.4 Å². The van der Waals surface area contributed by atoms with Crippen molar-refractivity contribution in [2.45, 2.75) is 26.0 Å². The maximum atomic E-state index is 13.2. The maximum absolute atomic E-state index is 13.2. The van der Waals surface area contributed by atoms with Crippen molar-refractivity contribution in [2.75, 3.05) is 5.32 Å². The molecule has 0 atom stereocenters. The first kappa shape index (κ1) is 21.3. The van der Waals surface area contributed by atoms with Gasteiger partial charge in [-0.25, -0.2) is 9.67 Å². The molecule has 0 amide bonds. The molecular formula is C22H20F2N6O2. The molecule has 0 aliphatic rings. The monoisotopic (exact) mass is 438 g/mol. The van der Waals surface area contributed by atoms with Gasteiger partial charge in [-0.3, -0.25) is 9.97 Å². The zero-order valence-electron chi connectivity index (χ0n) is 17.3. The van der Waals surface area contributed by atoms with E-state index in [4.69, 9.17) is 4.74 Å². The Morgan fingerprint density at radius 1 is 1.03 bits per heavy atom. The lowest BCUT2D eigenvalue weighted by Gasteiger charge is -2.17. The molecule has 4 aromatic rings. The molecule has 8 nitrogen and oxygen atoms in total. The average Bonchev–Trinajstić information content (AvgIpc) is 3.18. The van der Waals surface area contributed by atoms with E-state index in [9.17, 15) is 13.9 Å². The van der Waals surface area contributed by atoms with E-state index in [1.54, 1.807) is 68.7 Å². The van der Waals surface area contributed by atoms with Crippen LogP contribution >= 0.6 is 0 Å². The van der Waals surface area contributed by atoms with Crippen LogP contribution in [0.4, 0.5) is 20.3 Å². The summed E-state index contributed by atoms with van der Waals surface area (Å²) in [6.45, 7) is 0.468. The highest BCUT2D eigenvalue weighted by Crippen LogP contribution is 2.33. The highest BCUT2D eigenvalue weighted by molar-refractivity contribution is 5.63. The van der Waals surface area contributed by atoms with E-state index in [0.717, 1.165) is 6.20 Å². The normalized spacial score (nSPS) is 11.6. The van der Waals surface area contributed by atoms with Crippen LogP contribution in [0.5, 0.6) is 11.5 Å². The Morgan fingerprint density at radius 3 is 2.56 bits per heavy atom. The van der Waals surface area contributed by atoms with Gasteiger partial charge in [0, 0.05) is 30.3 Å². The number of alkyl halides is 2. The first-order chi connectivity index (χ1) is 15.3. The van der Waals surface area contributed by atoms with Crippen molar-refractivity contribution in [3.05, 3.63) is 72.9 Å². The van der Waals surface area contributed by atoms with Gasteiger partial charge in [0.1, 0.15) is 17.2 Å². The molecule has 4 rings (SSSR count). The minimum atomic E-state index is -2.82. The summed E-state index contributed by atoms with van der Waals surface area (Å²) in [4.78, 5) is 12.6. The van der Waals surface area contributed by atoms with Gasteiger partial charge in [-0.05, 0) is 44.2 Å². The first-order valence-corrected chi connectivity index (χ1v) is 9.68. The van der Waals surface area contributed by atoms with Crippen molar-refractivity contribution in [3.63, 3.8) is 0 Å². The van der Waals surface area contributed by atoms with Crippen LogP contribution in [-0.2, 0) is 5.60 Å². The van der Waals surface area contributed by atoms with E-state index in [1.165, 1.54) is 6.20 Å². The second-order valence-corrected chi connectivity index (χ2v) is 7.41. The number of nitrogens with zero attached hydrogens (tertiary/aromatic N) is 5. The zero-order chi connectivity index (χ0) is 22.7. The molecular weight excluding hydrogens is 418 g/mol. The molecule has 2 N–H and O–H groups in total. The summed E-state index contributed by atoms with van der Waals surface area (Å²) in [5.74, 6) is 0.954. The van der Waals surface area contributed by atoms with E-state index >= 15 is 0 Å². The number of aromatic nitrogens is 5. The van der Waals surface area contributed by atoms with Gasteiger partial charge in [-0.1, -0.05) is 6.07 Å². The SMILES string of the molecule is CC(C)(O)c1cc(Nc2cc(Oc3cn(C(F)F)nc3-c3ccccn3)ccn2)ccn1. The lowest BCUT2D eigenvalue weighted by Crippen LogP contribution is -2.17. The van der Waals surface area contributed by atoms with Crippen molar-refractivity contribution < 1.29 is 18.6 Å². The fraction of sp³-hybridized carbons (Fsp3) is 0.182. The smallest absolute Gasteiger partial charge is 0.333 e. The predicted octanol–water partition coefficient (Wildman–Crippen LogP) is 4.89. The van der Waals surface area contributed by atoms with E-state index in [1.807, 2.05) is 0 Å². The highest BCUT2D eigenvalue weighted by Gasteiger charge is 2.19. The zero-order valence-corrected chi connectivity index (χ0v) is 17.3. The number of nitrogens with one attached hydrogen (secondary N) is 1. The van der Waals surface area contributed by atoms with Gasteiger partial charge in [0.05, 0.1) is 17.6 Å². The van der Waals surface area contributed by atoms with E-state index < -0.39 is 12.2 Å². The Morgan fingerprint density at radius 2 is 1.84 bits per heavy atom. The van der Waals surface area contributed by atoms with Crippen LogP contribution in [0.1, 0.15) is 26.1 Å². The maximum Gasteiger partial charge on any atom is 0.333 e. The van der Waals surface area contributed by atoms with Crippen LogP contribution < -0.4 is 10.1 Å². The molecule has 32 heavy (non-hydrogen) atoms. The standard InChI is InChI=1S/C22H20F2N6O2/c1-22(2,31)18-11-14(6-9-26-18)28-19-12-15(7-10-27-19)32-17-13-30(21(23)24)29-20(17)16-5-3-4-8-25-16/h3-13,21,31H,1-2H3,(H,26,27,28). The minimum absolute atomic E-state index is 0.134. The molecule has 0 bridgehead atoms. The molecule has 164 valence electrons. The Labute approximate surface area is 182 Å². The molecule has 0 saturated carbocycles. The molecule has 0 aliphatic heterocycles. The first-order valence-electron chi connectivity index (χ1n) is 9.68. The van der Waals surface area contributed by atoms with Crippen LogP contribution in [0.3, 0.4) is 0 Å². The Hall–Kier alpha value is -3.92. The van der Waals surface area contributed by atoms with Gasteiger partial charge < -0.3 is 15.2 Å². The summed E-state index contributed by atoms with van der Waals surface area (Å²) in [6.07, 6.45) is 5.77. The van der Waals surface area contributed by atoms with Gasteiger partial charge in [-0.15, -0.1) is 0 Å². The van der Waals surface area contributed by atoms with Crippen LogP contribution in [0.15, 0.2) is 67.3 Å². The number of halogens is 2. The Kier molecular flexibility index (Phi) is 5.78. The molecule has 0 fully saturated rings. The topological polar surface area (TPSA) is 98.0 Å². The van der Waals surface area contributed by atoms with Crippen LogP contribution in [0.2, 0.25) is 0 Å². The van der Waals surface area contributed by atoms with Crippen LogP contribution in [-0.4, -0.2) is 29.8 Å². The second-order valence-electron chi connectivity index (χ2n) is 7.41. The van der Waals surface area contributed by atoms with Crippen molar-refractivity contribution in [2.24, 2.45) is 0 Å². The third-order valence-corrected chi connectivity index (χ3v) is 4.42. The fourth-order valence-corrected chi connectivity index (χ4v) is 2.89. The number of hydrogen-bond donors (Lipinski definition) is 2. The fourth-order valence-electron chi connectivity index (χ4n) is 2.89. The van der Waals surface area contributed by atoms with Crippen LogP contribution in [0, 0.1) is 0 Å². The van der Waals surface area contributed by atoms with Crippen molar-refractivity contribution in [3.8, 4) is 22.9 Å². The van der Waals surface area contributed by atoms with Crippen molar-refractivity contribution in [1.29, 1.82) is 0 Å². The number of ether oxygens (including phenoxy) is 1. The van der Waals surface area contributed by atoms with Gasteiger partial charge in [0.25, 0.3) is 0 Å². The number of pyridine rings is 3. The van der Waals surface area contributed by atoms with Crippen LogP contribution in [0.25, 0.3) is 11.4 Å². The Bertz CT molecular complexity index is 1210. The average molecular weight is 438 g/mol. The second kappa shape index (κ2) is 8.67. The third kappa shape index (κ3) is 4.86.